The third-order valence-electron chi connectivity index (χ3n) is 4.69. The van der Waals surface area contributed by atoms with E-state index in [4.69, 9.17) is 0 Å². The Morgan fingerprint density at radius 2 is 0.929 bits per heavy atom. The van der Waals surface area contributed by atoms with Crippen LogP contribution in [0.2, 0.25) is 0 Å². The SMILES string of the molecule is O=[S@@]1(c2ccccc2)=Nc2c(ccc3c2N=[S@@](=O)(c2ccccc2)C=C3)C=C1. The highest BCUT2D eigenvalue weighted by atomic mass is 32.2. The fraction of sp³-hybridized carbons (Fsp3) is 0. The van der Waals surface area contributed by atoms with Gasteiger partial charge in [0.05, 0.1) is 9.79 Å². The Morgan fingerprint density at radius 3 is 1.32 bits per heavy atom. The van der Waals surface area contributed by atoms with Crippen molar-refractivity contribution in [3.8, 4) is 0 Å². The first-order valence-electron chi connectivity index (χ1n) is 8.75. The van der Waals surface area contributed by atoms with Crippen LogP contribution < -0.4 is 0 Å². The van der Waals surface area contributed by atoms with Crippen molar-refractivity contribution in [2.75, 3.05) is 0 Å². The lowest BCUT2D eigenvalue weighted by Crippen LogP contribution is -2.02. The second kappa shape index (κ2) is 6.29. The van der Waals surface area contributed by atoms with Gasteiger partial charge < -0.3 is 0 Å². The molecule has 0 aromatic heterocycles. The predicted octanol–water partition coefficient (Wildman–Crippen LogP) is 5.97. The van der Waals surface area contributed by atoms with Gasteiger partial charge in [-0.15, -0.1) is 0 Å². The minimum absolute atomic E-state index is 0.529. The summed E-state index contributed by atoms with van der Waals surface area (Å²) in [6.45, 7) is 0. The molecule has 2 atom stereocenters. The number of fused-ring (bicyclic) bond motifs is 3. The Balaban J connectivity index is 1.77. The molecule has 2 aliphatic rings. The van der Waals surface area contributed by atoms with E-state index in [-0.39, 0.29) is 0 Å². The molecule has 2 aliphatic heterocycles. The van der Waals surface area contributed by atoms with Gasteiger partial charge in [-0.3, -0.25) is 0 Å². The van der Waals surface area contributed by atoms with Crippen LogP contribution in [0, 0.1) is 0 Å². The minimum atomic E-state index is -2.75. The van der Waals surface area contributed by atoms with Gasteiger partial charge in [-0.05, 0) is 36.4 Å². The molecule has 3 aromatic carbocycles. The minimum Gasteiger partial charge on any atom is -0.240 e. The molecule has 2 heterocycles. The van der Waals surface area contributed by atoms with Crippen molar-refractivity contribution < 1.29 is 8.42 Å². The largest absolute Gasteiger partial charge is 0.240 e. The first kappa shape index (κ1) is 17.2. The molecule has 0 bridgehead atoms. The summed E-state index contributed by atoms with van der Waals surface area (Å²) >= 11 is 0. The summed E-state index contributed by atoms with van der Waals surface area (Å²) in [5.41, 5.74) is 2.70. The van der Waals surface area contributed by atoms with Crippen molar-refractivity contribution in [3.63, 3.8) is 0 Å². The summed E-state index contributed by atoms with van der Waals surface area (Å²) in [7, 11) is -5.50. The topological polar surface area (TPSA) is 58.9 Å². The fourth-order valence-electron chi connectivity index (χ4n) is 3.23. The van der Waals surface area contributed by atoms with Crippen LogP contribution in [0.4, 0.5) is 11.4 Å². The lowest BCUT2D eigenvalue weighted by atomic mass is 10.1. The molecule has 0 aliphatic carbocycles. The van der Waals surface area contributed by atoms with E-state index in [2.05, 4.69) is 8.73 Å². The van der Waals surface area contributed by atoms with Crippen molar-refractivity contribution in [2.45, 2.75) is 9.79 Å². The van der Waals surface area contributed by atoms with Crippen LogP contribution in [0.15, 0.2) is 102 Å². The molecule has 0 N–H and O–H groups in total. The van der Waals surface area contributed by atoms with E-state index in [0.717, 1.165) is 11.1 Å². The van der Waals surface area contributed by atoms with E-state index >= 15 is 0 Å². The van der Waals surface area contributed by atoms with E-state index < -0.39 is 19.5 Å². The molecule has 5 rings (SSSR count). The molecule has 0 saturated carbocycles. The van der Waals surface area contributed by atoms with Crippen LogP contribution in [0.5, 0.6) is 0 Å². The zero-order valence-electron chi connectivity index (χ0n) is 14.8. The Morgan fingerprint density at radius 1 is 0.536 bits per heavy atom. The highest BCUT2D eigenvalue weighted by Gasteiger charge is 2.23. The van der Waals surface area contributed by atoms with E-state index in [1.807, 2.05) is 60.7 Å². The van der Waals surface area contributed by atoms with Gasteiger partial charge in [-0.1, -0.05) is 48.5 Å². The van der Waals surface area contributed by atoms with Gasteiger partial charge in [-0.25, -0.2) is 8.42 Å². The van der Waals surface area contributed by atoms with Crippen LogP contribution in [0.3, 0.4) is 0 Å². The first-order valence-corrected chi connectivity index (χ1v) is 11.9. The van der Waals surface area contributed by atoms with Gasteiger partial charge in [0.25, 0.3) is 0 Å². The van der Waals surface area contributed by atoms with Crippen molar-refractivity contribution in [3.05, 3.63) is 94.7 Å². The van der Waals surface area contributed by atoms with E-state index in [1.165, 1.54) is 0 Å². The lowest BCUT2D eigenvalue weighted by Gasteiger charge is -2.18. The maximum Gasteiger partial charge on any atom is 0.108 e. The molecule has 0 amide bonds. The van der Waals surface area contributed by atoms with Gasteiger partial charge in [-0.2, -0.15) is 8.73 Å². The van der Waals surface area contributed by atoms with Crippen molar-refractivity contribution in [2.24, 2.45) is 8.73 Å². The first-order chi connectivity index (χ1) is 13.6. The molecule has 4 nitrogen and oxygen atoms in total. The number of nitrogens with zero attached hydrogens (tertiary/aromatic N) is 2. The number of hydrogen-bond acceptors (Lipinski definition) is 4. The van der Waals surface area contributed by atoms with Gasteiger partial charge in [0.2, 0.25) is 0 Å². The second-order valence-electron chi connectivity index (χ2n) is 6.49. The Hall–Kier alpha value is -2.96. The standard InChI is InChI=1S/C22H16N2O2S2/c25-27(19-7-3-1-4-8-19)15-13-17-11-12-18-14-16-28(26,20-9-5-2-6-10-20)24-22(18)21(17)23-27/h1-16H/t27-,28-/m0/s1. The molecule has 6 heteroatoms. The lowest BCUT2D eigenvalue weighted by molar-refractivity contribution is 0.681. The molecule has 0 saturated heterocycles. The van der Waals surface area contributed by atoms with Crippen molar-refractivity contribution >= 4 is 43.0 Å². The summed E-state index contributed by atoms with van der Waals surface area (Å²) in [5, 5.41) is 3.29. The molecule has 0 spiro atoms. The highest BCUT2D eigenvalue weighted by Crippen LogP contribution is 2.44. The number of benzene rings is 3. The van der Waals surface area contributed by atoms with Crippen LogP contribution in [-0.2, 0) is 19.5 Å². The predicted molar refractivity (Wildman–Crippen MR) is 114 cm³/mol. The molecule has 0 radical (unpaired) electrons. The zero-order valence-corrected chi connectivity index (χ0v) is 16.4. The molecular formula is C22H16N2O2S2. The highest BCUT2D eigenvalue weighted by molar-refractivity contribution is 7.97. The van der Waals surface area contributed by atoms with Crippen LogP contribution >= 0.6 is 0 Å². The van der Waals surface area contributed by atoms with Gasteiger partial charge in [0, 0.05) is 21.9 Å². The van der Waals surface area contributed by atoms with E-state index in [9.17, 15) is 8.42 Å². The van der Waals surface area contributed by atoms with E-state index in [0.29, 0.717) is 21.2 Å². The molecular weight excluding hydrogens is 388 g/mol. The fourth-order valence-corrected chi connectivity index (χ4v) is 6.56. The second-order valence-corrected chi connectivity index (χ2v) is 10.6. The Kier molecular flexibility index (Phi) is 3.86. The third kappa shape index (κ3) is 2.73. The summed E-state index contributed by atoms with van der Waals surface area (Å²) in [6.07, 6.45) is 3.63. The van der Waals surface area contributed by atoms with Crippen molar-refractivity contribution in [1.29, 1.82) is 0 Å². The van der Waals surface area contributed by atoms with Crippen molar-refractivity contribution in [1.82, 2.24) is 0 Å². The zero-order chi connectivity index (χ0) is 19.2. The number of hydrogen-bond donors (Lipinski definition) is 0. The summed E-state index contributed by atoms with van der Waals surface area (Å²) in [5.74, 6) is 0. The summed E-state index contributed by atoms with van der Waals surface area (Å²) in [6, 6.07) is 22.2. The molecule has 0 unspecified atom stereocenters. The molecule has 3 aromatic rings. The third-order valence-corrected chi connectivity index (χ3v) is 8.51. The Labute approximate surface area is 164 Å². The van der Waals surface area contributed by atoms with E-state index in [1.54, 1.807) is 35.1 Å². The average molecular weight is 405 g/mol. The van der Waals surface area contributed by atoms with Crippen LogP contribution in [0.25, 0.3) is 12.2 Å². The quantitative estimate of drug-likeness (QED) is 0.528. The molecule has 138 valence electrons. The monoisotopic (exact) mass is 404 g/mol. The number of rotatable bonds is 2. The average Bonchev–Trinajstić information content (AvgIpc) is 2.75. The maximum atomic E-state index is 13.5. The van der Waals surface area contributed by atoms with Crippen LogP contribution in [-0.4, -0.2) is 8.42 Å². The summed E-state index contributed by atoms with van der Waals surface area (Å²) in [4.78, 5) is 1.29. The van der Waals surface area contributed by atoms with Gasteiger partial charge >= 0.3 is 0 Å². The molecule has 0 fully saturated rings. The van der Waals surface area contributed by atoms with Gasteiger partial charge in [0.15, 0.2) is 0 Å². The smallest absolute Gasteiger partial charge is 0.108 e. The maximum absolute atomic E-state index is 13.5. The normalized spacial score (nSPS) is 24.6. The molecule has 28 heavy (non-hydrogen) atoms. The Bertz CT molecular complexity index is 1280. The van der Waals surface area contributed by atoms with Crippen LogP contribution in [0.1, 0.15) is 11.1 Å². The van der Waals surface area contributed by atoms with Gasteiger partial charge in [0.1, 0.15) is 30.8 Å². The summed E-state index contributed by atoms with van der Waals surface area (Å²) < 4.78 is 36.2.